The first-order valence-corrected chi connectivity index (χ1v) is 44.4. The molecular weight excluding hydrogens is 2170 g/mol. The van der Waals surface area contributed by atoms with Gasteiger partial charge in [-0.2, -0.15) is 119 Å². The monoisotopic (exact) mass is 2270 g/mol. The summed E-state index contributed by atoms with van der Waals surface area (Å²) in [5.74, 6) is -1.15. The van der Waals surface area contributed by atoms with Crippen LogP contribution < -0.4 is 46.5 Å². The molecule has 3 radical (unpaired) electrons. The van der Waals surface area contributed by atoms with Crippen LogP contribution in [0.25, 0.3) is 0 Å². The number of rotatable bonds is 25. The van der Waals surface area contributed by atoms with E-state index in [0.717, 1.165) is 5.56 Å². The number of aliphatic carboxylic acids is 1. The molecule has 0 aliphatic heterocycles. The van der Waals surface area contributed by atoms with Crippen molar-refractivity contribution in [3.63, 3.8) is 0 Å². The van der Waals surface area contributed by atoms with Gasteiger partial charge < -0.3 is 40.2 Å². The van der Waals surface area contributed by atoms with Crippen molar-refractivity contribution >= 4 is 87.9 Å². The van der Waals surface area contributed by atoms with E-state index in [0.29, 0.717) is 89.2 Å². The standard InChI is InChI=1S/C27H30F7NO3.C22H20F7NO2.C22H22F7NO.C22H19F7O2.C2HF3O2.CH3.B.3ClH.H3NO.Na.Ni.H/c1-7-17-13-20(25(28,26(29,30)31)27(32,33)34)12-15(2)21(17)14-22(36)19-10-8-18(9-11-19)16(3)35-23(37)38-24(4,5)6;1-4-14-10-17(20(23,21(24,25)26)22(27,28)29)9-12(2)18(14)11-19(31)16-7-5-15(6-8-16)13(3)30-32;2*1-4-14-10-17(20(23,21(24,25)26)22(27,28)29)9-12(2)18(14)11-19(31)16-7-5-15(6-8-16)13(3)30;3-2(4,5)1(6)7;;;;;;1-2;;;/h8-13,16H,7,14H2,1-6H3,(H,35,37);5-10,32H,4,11H2,1-3H3;5-10,13H,4,11,30H2,1-3H3;5-10H,4,11H2,1-3H3;(H,6,7);1H3;;3*1H;2H,1H2;;;/q;;;;;-1;;;;;;+1;+3;-1/p-2/b;30-13+;;;;;;;;;;;;. The first-order valence-electron chi connectivity index (χ1n) is 41.7. The van der Waals surface area contributed by atoms with Gasteiger partial charge in [0.05, 0.1) is 11.8 Å². The molecule has 0 saturated carbocycles. The maximum atomic E-state index is 14.6. The maximum absolute atomic E-state index is 14.6. The summed E-state index contributed by atoms with van der Waals surface area (Å²) in [6, 6.07) is 27.8. The van der Waals surface area contributed by atoms with Crippen molar-refractivity contribution in [1.29, 1.82) is 0 Å². The van der Waals surface area contributed by atoms with E-state index in [9.17, 15) is 165 Å². The third-order valence-electron chi connectivity index (χ3n) is 21.7. The van der Waals surface area contributed by atoms with E-state index in [1.807, 2.05) is 0 Å². The molecule has 148 heavy (non-hydrogen) atoms. The minimum absolute atomic E-state index is 0. The van der Waals surface area contributed by atoms with E-state index in [2.05, 4.69) is 16.4 Å². The van der Waals surface area contributed by atoms with Crippen LogP contribution in [0.2, 0.25) is 0 Å². The van der Waals surface area contributed by atoms with Crippen LogP contribution in [0.4, 0.5) is 141 Å². The number of halogens is 34. The quantitative estimate of drug-likeness (QED) is 0.00592. The van der Waals surface area contributed by atoms with Gasteiger partial charge in [0.1, 0.15) is 5.60 Å². The number of ether oxygens (including phenoxy) is 1. The van der Waals surface area contributed by atoms with Crippen molar-refractivity contribution in [2.24, 2.45) is 16.8 Å². The van der Waals surface area contributed by atoms with Crippen LogP contribution in [0.1, 0.15) is 247 Å². The molecule has 0 spiro atoms. The Hall–Kier alpha value is -9.54. The predicted molar refractivity (Wildman–Crippen MR) is 486 cm³/mol. The van der Waals surface area contributed by atoms with Gasteiger partial charge in [-0.1, -0.05) is 178 Å². The summed E-state index contributed by atoms with van der Waals surface area (Å²) in [7, 11) is 9.40. The number of carboxylic acid groups (broad SMARTS) is 1. The molecule has 52 heteroatoms. The van der Waals surface area contributed by atoms with E-state index in [4.69, 9.17) is 51.2 Å². The smallest absolute Gasteiger partial charge is 1.00 e. The molecule has 8 N–H and O–H groups in total. The van der Waals surface area contributed by atoms with E-state index in [1.54, 1.807) is 77.9 Å². The molecule has 0 aliphatic carbocycles. The molecule has 8 aromatic carbocycles. The number of carbonyl (C=O) groups is 7. The van der Waals surface area contributed by atoms with Crippen LogP contribution in [-0.2, 0) is 96.2 Å². The summed E-state index contributed by atoms with van der Waals surface area (Å²) in [6.07, 6.45) is -56.5. The summed E-state index contributed by atoms with van der Waals surface area (Å²) < 4.78 is 410. The number of hydrogen-bond acceptors (Lipinski definition) is 13. The Morgan fingerprint density at radius 2 is 0.581 bits per heavy atom. The van der Waals surface area contributed by atoms with E-state index < -0.39 is 142 Å². The number of carboxylic acids is 1. The molecular formula is C96H100BCl3F31N4NaNiO11. The fraction of sp³-hybridized carbons (Fsp3) is 0.406. The molecule has 1 amide bonds. The predicted octanol–water partition coefficient (Wildman–Crippen LogP) is 26.0. The summed E-state index contributed by atoms with van der Waals surface area (Å²) in [5, 5.41) is 28.1. The molecule has 0 saturated heterocycles. The molecule has 15 nitrogen and oxygen atoms in total. The van der Waals surface area contributed by atoms with Gasteiger partial charge in [0.2, 0.25) is 0 Å². The number of Topliss-reactive ketones (excluding diaryl/α,β-unsaturated/α-hetero) is 5. The van der Waals surface area contributed by atoms with Gasteiger partial charge in [0, 0.05) is 90.2 Å². The Morgan fingerprint density at radius 3 is 0.750 bits per heavy atom. The molecule has 0 heterocycles. The number of hydrogen-bond donors (Lipinski definition) is 6. The second-order valence-corrected chi connectivity index (χ2v) is 34.4. The second kappa shape index (κ2) is 56.7. The number of nitrogens with zero attached hydrogens (tertiary/aromatic N) is 1. The van der Waals surface area contributed by atoms with Crippen molar-refractivity contribution in [2.75, 3.05) is 0 Å². The molecule has 0 bridgehead atoms. The number of alkyl halides is 31. The Morgan fingerprint density at radius 1 is 0.392 bits per heavy atom. The molecule has 0 aliphatic rings. The number of carbonyl (C=O) groups excluding carboxylic acids is 6. The first-order chi connectivity index (χ1) is 65.5. The number of ketones is 5. The van der Waals surface area contributed by atoms with Gasteiger partial charge in [0.25, 0.3) is 0 Å². The fourth-order valence-electron chi connectivity index (χ4n) is 14.0. The molecule has 0 fully saturated rings. The Kier molecular flexibility index (Phi) is 54.6. The van der Waals surface area contributed by atoms with Crippen molar-refractivity contribution < 1.29 is 234 Å². The minimum atomic E-state index is -6.22. The SMILES string of the molecule is CCc1cc(C(F)(C(F)(F)F)C(F)(F)F)cc(C)c1CC(=O)c1ccc(/C(C)=N/O)cc1.CCc1cc(C(F)(C(F)(F)F)C(F)(F)F)cc(C)c1CC(=O)c1ccc(C(C)=O)cc1.CCc1cc(C(F)(C(F)(F)F)C(F)(F)F)cc(C)c1CC(=O)c1ccc(C(C)N)cc1.CCc1cc(C(F)(C(F)(F)F)C(F)(F)F)cc(C)c1CC(=O)c1ccc(C(C)NC(=O)OC(C)(C)C)cc1.Cl.NO.O=C(O)C(F)(F)F.[B].[CH3-].[Cl][Ni+][Cl].[H-].[Na+]. The van der Waals surface area contributed by atoms with E-state index in [1.165, 1.54) is 123 Å². The molecule has 2 atom stereocenters. The Labute approximate surface area is 876 Å². The van der Waals surface area contributed by atoms with Gasteiger partial charge in [-0.05, 0) is 185 Å². The largest absolute Gasteiger partial charge is 1.00 e. The second-order valence-electron chi connectivity index (χ2n) is 32.8. The number of nitrogens with two attached hydrogens (primary N) is 2. The van der Waals surface area contributed by atoms with Crippen LogP contribution >= 0.6 is 32.8 Å². The third kappa shape index (κ3) is 36.1. The normalized spacial score (nSPS) is 12.7. The zero-order valence-corrected chi connectivity index (χ0v) is 86.5. The molecule has 822 valence electrons. The molecule has 0 aromatic heterocycles. The van der Waals surface area contributed by atoms with Crippen LogP contribution in [-0.4, -0.2) is 132 Å². The number of benzene rings is 8. The topological polar surface area (TPSA) is 266 Å². The van der Waals surface area contributed by atoms with Crippen LogP contribution in [0.15, 0.2) is 151 Å². The average molecular weight is 2270 g/mol. The van der Waals surface area contributed by atoms with Gasteiger partial charge in [-0.3, -0.25) is 24.0 Å². The minimum Gasteiger partial charge on any atom is -1.00 e. The number of alkyl carbamates (subject to hydrolysis) is 1. The van der Waals surface area contributed by atoms with Gasteiger partial charge in [-0.15, -0.1) is 12.4 Å². The molecule has 2 unspecified atom stereocenters. The van der Waals surface area contributed by atoms with Crippen LogP contribution in [0, 0.1) is 35.1 Å². The van der Waals surface area contributed by atoms with Crippen molar-refractivity contribution in [2.45, 2.75) is 251 Å². The average Bonchev–Trinajstić information content (AvgIpc) is 0.749. The summed E-state index contributed by atoms with van der Waals surface area (Å²) >= 11 is 0.569. The van der Waals surface area contributed by atoms with Crippen molar-refractivity contribution in [3.05, 3.63) is 287 Å². The summed E-state index contributed by atoms with van der Waals surface area (Å²) in [6.45, 7) is 22.5. The molecule has 8 rings (SSSR count). The summed E-state index contributed by atoms with van der Waals surface area (Å²) in [4.78, 5) is 83.0. The van der Waals surface area contributed by atoms with E-state index in [-0.39, 0.29) is 212 Å². The summed E-state index contributed by atoms with van der Waals surface area (Å²) in [5.41, 5.74) is -18.7. The number of aryl methyl sites for hydroxylation is 8. The third-order valence-corrected chi connectivity index (χ3v) is 21.7. The van der Waals surface area contributed by atoms with Gasteiger partial charge in [-0.25, -0.2) is 33.0 Å². The number of amides is 1. The Balaban J connectivity index is -0.000000898. The van der Waals surface area contributed by atoms with Crippen LogP contribution in [0.5, 0.6) is 0 Å². The van der Waals surface area contributed by atoms with Gasteiger partial charge in [0.15, 0.2) is 28.9 Å². The fourth-order valence-corrected chi connectivity index (χ4v) is 14.0. The van der Waals surface area contributed by atoms with Crippen molar-refractivity contribution in [3.8, 4) is 0 Å². The van der Waals surface area contributed by atoms with Gasteiger partial charge >= 0.3 is 153 Å². The zero-order chi connectivity index (χ0) is 112. The maximum Gasteiger partial charge on any atom is 1.00 e. The number of nitrogens with one attached hydrogen (secondary N) is 1. The zero-order valence-electron chi connectivity index (χ0n) is 82.2. The van der Waals surface area contributed by atoms with Crippen LogP contribution in [0.3, 0.4) is 0 Å². The Bertz CT molecular complexity index is 5730. The van der Waals surface area contributed by atoms with E-state index >= 15 is 0 Å². The molecule has 8 aromatic rings. The first kappa shape index (κ1) is 143. The number of oxime groups is 1. The van der Waals surface area contributed by atoms with Crippen molar-refractivity contribution in [1.82, 2.24) is 5.32 Å².